The van der Waals surface area contributed by atoms with Crippen molar-refractivity contribution in [1.29, 1.82) is 5.26 Å². The minimum atomic E-state index is -1.40. The Hall–Kier alpha value is -1.65. The van der Waals surface area contributed by atoms with Crippen LogP contribution in [0, 0.1) is 62.1 Å². The highest BCUT2D eigenvalue weighted by Crippen LogP contribution is 2.77. The molecule has 0 radical (unpaired) electrons. The molecule has 7 heteroatoms. The second-order valence-corrected chi connectivity index (χ2v) is 14.6. The average Bonchev–Trinajstić information content (AvgIpc) is 3.67. The molecule has 39 heavy (non-hydrogen) atoms. The molecule has 5 fully saturated rings. The number of esters is 1. The number of Topliss-reactive ketones (excluding diaryl/α,β-unsaturated/α-hetero) is 1. The predicted octanol–water partition coefficient (Wildman–Crippen LogP) is 5.75. The number of hydrogen-bond donors (Lipinski definition) is 1. The molecule has 0 amide bonds. The summed E-state index contributed by atoms with van der Waals surface area (Å²) in [5.74, 6) is 0.0503. The van der Waals surface area contributed by atoms with E-state index in [1.807, 2.05) is 19.9 Å². The zero-order chi connectivity index (χ0) is 29.0. The minimum absolute atomic E-state index is 0.00111. The van der Waals surface area contributed by atoms with Crippen molar-refractivity contribution in [3.8, 4) is 6.07 Å². The van der Waals surface area contributed by atoms with Crippen LogP contribution in [0.1, 0.15) is 86.5 Å². The van der Waals surface area contributed by atoms with Crippen LogP contribution in [0.5, 0.6) is 0 Å². The Labute approximate surface area is 239 Å². The fraction of sp³-hybridized carbons (Fsp3) is 0.812. The van der Waals surface area contributed by atoms with Gasteiger partial charge in [0.1, 0.15) is 12.2 Å². The van der Waals surface area contributed by atoms with E-state index in [0.29, 0.717) is 5.92 Å². The number of allylic oxidation sites excluding steroid dienone is 1. The second-order valence-electron chi connectivity index (χ2n) is 14.6. The number of nitrogens with zero attached hydrogens (tertiary/aromatic N) is 1. The van der Waals surface area contributed by atoms with Crippen molar-refractivity contribution in [1.82, 2.24) is 0 Å². The van der Waals surface area contributed by atoms with Gasteiger partial charge < -0.3 is 9.47 Å². The summed E-state index contributed by atoms with van der Waals surface area (Å²) in [6.07, 6.45) is 8.98. The van der Waals surface area contributed by atoms with Crippen molar-refractivity contribution in [3.05, 3.63) is 11.6 Å². The van der Waals surface area contributed by atoms with Gasteiger partial charge in [0, 0.05) is 16.7 Å². The molecule has 10 atom stereocenters. The Balaban J connectivity index is 0.00000151. The Morgan fingerprint density at radius 1 is 1.08 bits per heavy atom. The highest BCUT2D eigenvalue weighted by Gasteiger charge is 2.82. The molecule has 214 valence electrons. The van der Waals surface area contributed by atoms with Crippen molar-refractivity contribution in [2.45, 2.75) is 98.2 Å². The molecule has 0 N–H and O–H groups in total. The Morgan fingerprint density at radius 3 is 2.36 bits per heavy atom. The summed E-state index contributed by atoms with van der Waals surface area (Å²) in [4.78, 5) is 41.1. The van der Waals surface area contributed by atoms with Gasteiger partial charge in [0.15, 0.2) is 11.6 Å². The van der Waals surface area contributed by atoms with Gasteiger partial charge in [-0.1, -0.05) is 47.1 Å². The molecular formula is C32H45NO5S. The van der Waals surface area contributed by atoms with Gasteiger partial charge in [0.05, 0.1) is 12.5 Å². The normalized spacial score (nSPS) is 50.7. The van der Waals surface area contributed by atoms with E-state index in [2.05, 4.69) is 46.4 Å². The molecule has 6 aliphatic rings. The number of epoxide rings is 1. The van der Waals surface area contributed by atoms with Crippen LogP contribution >= 0.6 is 12.6 Å². The topological polar surface area (TPSA) is 96.8 Å². The maximum absolute atomic E-state index is 14.4. The van der Waals surface area contributed by atoms with Gasteiger partial charge in [-0.3, -0.25) is 14.4 Å². The van der Waals surface area contributed by atoms with Gasteiger partial charge in [0.2, 0.25) is 5.60 Å². The highest BCUT2D eigenvalue weighted by atomic mass is 32.1. The first-order chi connectivity index (χ1) is 18.2. The quantitative estimate of drug-likeness (QED) is 0.252. The van der Waals surface area contributed by atoms with Crippen LogP contribution in [0.2, 0.25) is 0 Å². The Morgan fingerprint density at radius 2 is 1.74 bits per heavy atom. The molecule has 5 aliphatic carbocycles. The van der Waals surface area contributed by atoms with Crippen LogP contribution in [-0.4, -0.2) is 42.6 Å². The smallest absolute Gasteiger partial charge is 0.312 e. The van der Waals surface area contributed by atoms with Crippen molar-refractivity contribution in [2.75, 3.05) is 13.4 Å². The zero-order valence-electron chi connectivity index (χ0n) is 24.8. The van der Waals surface area contributed by atoms with Gasteiger partial charge >= 0.3 is 5.97 Å². The number of ether oxygens (including phenoxy) is 2. The third-order valence-corrected chi connectivity index (χ3v) is 13.0. The molecule has 4 saturated carbocycles. The molecule has 0 aromatic carbocycles. The van der Waals surface area contributed by atoms with Crippen LogP contribution in [0.25, 0.3) is 0 Å². The molecule has 10 unspecified atom stereocenters. The van der Waals surface area contributed by atoms with Crippen LogP contribution in [0.15, 0.2) is 11.6 Å². The lowest BCUT2D eigenvalue weighted by Gasteiger charge is -2.68. The molecule has 0 spiro atoms. The van der Waals surface area contributed by atoms with E-state index in [4.69, 9.17) is 9.47 Å². The molecule has 0 bridgehead atoms. The van der Waals surface area contributed by atoms with Gasteiger partial charge in [-0.05, 0) is 85.9 Å². The molecule has 0 aromatic heterocycles. The lowest BCUT2D eigenvalue weighted by Crippen LogP contribution is -2.67. The van der Waals surface area contributed by atoms with E-state index in [1.54, 1.807) is 6.26 Å². The van der Waals surface area contributed by atoms with Gasteiger partial charge in [0.25, 0.3) is 0 Å². The highest BCUT2D eigenvalue weighted by molar-refractivity contribution is 7.79. The number of thiol groups is 1. The summed E-state index contributed by atoms with van der Waals surface area (Å²) >= 11 is 3.53. The fourth-order valence-electron chi connectivity index (χ4n) is 10.9. The van der Waals surface area contributed by atoms with Crippen LogP contribution in [0.4, 0.5) is 0 Å². The number of methoxy groups -OCH3 is 1. The summed E-state index contributed by atoms with van der Waals surface area (Å²) in [5.41, 5.74) is -2.80. The number of carbonyl (C=O) groups is 3. The first-order valence-corrected chi connectivity index (χ1v) is 15.5. The fourth-order valence-corrected chi connectivity index (χ4v) is 10.9. The Bertz CT molecular complexity index is 1200. The van der Waals surface area contributed by atoms with Crippen molar-refractivity contribution in [2.24, 2.45) is 50.7 Å². The number of hydrogen-bond acceptors (Lipinski definition) is 7. The summed E-state index contributed by atoms with van der Waals surface area (Å²) in [6.45, 7) is 12.9. The first-order valence-electron chi connectivity index (χ1n) is 14.6. The molecule has 1 aliphatic heterocycles. The Kier molecular flexibility index (Phi) is 6.42. The van der Waals surface area contributed by atoms with Gasteiger partial charge in [-0.15, -0.1) is 0 Å². The average molecular weight is 556 g/mol. The molecule has 1 heterocycles. The number of ketones is 2. The summed E-state index contributed by atoms with van der Waals surface area (Å²) in [6, 6.07) is 2.23. The third kappa shape index (κ3) is 3.17. The van der Waals surface area contributed by atoms with Gasteiger partial charge in [-0.25, -0.2) is 0 Å². The standard InChI is InChI=1S/C31H41NO5.CH4S/c1-17-8-11-30(25(35)36-7)13-12-28(5)22(18(30)14-17)19(33)15-21-27(28,4)10-9-20-26(2,3)23(34)31(16-32)24(37-31)29(20,21)6;1-2/h15,17-18,20,22,24H,8-14H2,1-7H3;2H,1H3. The minimum Gasteiger partial charge on any atom is -0.469 e. The van der Waals surface area contributed by atoms with E-state index in [0.717, 1.165) is 50.5 Å². The maximum atomic E-state index is 14.4. The summed E-state index contributed by atoms with van der Waals surface area (Å²) < 4.78 is 11.5. The monoisotopic (exact) mass is 555 g/mol. The van der Waals surface area contributed by atoms with Crippen LogP contribution in [0.3, 0.4) is 0 Å². The maximum Gasteiger partial charge on any atom is 0.312 e. The zero-order valence-corrected chi connectivity index (χ0v) is 25.7. The SMILES string of the molecule is COC(=O)C12CCC(C)CC1C1C(=O)C=C3C4(C)C(CCC3(C)C1(C)CC2)C(C)(C)C(=O)C1(C#N)OC14.CS. The lowest BCUT2D eigenvalue weighted by atomic mass is 9.34. The molecule has 6 nitrogen and oxygen atoms in total. The molecule has 0 aromatic rings. The third-order valence-electron chi connectivity index (χ3n) is 13.0. The van der Waals surface area contributed by atoms with Gasteiger partial charge in [-0.2, -0.15) is 17.9 Å². The number of carbonyl (C=O) groups excluding carboxylic acids is 3. The van der Waals surface area contributed by atoms with E-state index in [9.17, 15) is 19.6 Å². The van der Waals surface area contributed by atoms with E-state index in [-0.39, 0.29) is 46.1 Å². The summed E-state index contributed by atoms with van der Waals surface area (Å²) in [7, 11) is 1.48. The first kappa shape index (κ1) is 28.9. The van der Waals surface area contributed by atoms with Crippen molar-refractivity contribution in [3.63, 3.8) is 0 Å². The largest absolute Gasteiger partial charge is 0.469 e. The van der Waals surface area contributed by atoms with E-state index in [1.165, 1.54) is 7.11 Å². The van der Waals surface area contributed by atoms with Crippen molar-refractivity contribution >= 4 is 30.2 Å². The van der Waals surface area contributed by atoms with Crippen LogP contribution < -0.4 is 0 Å². The predicted molar refractivity (Wildman–Crippen MR) is 151 cm³/mol. The molecule has 6 rings (SSSR count). The lowest BCUT2D eigenvalue weighted by molar-refractivity contribution is -0.189. The molecular weight excluding hydrogens is 510 g/mol. The number of nitriles is 1. The van der Waals surface area contributed by atoms with E-state index >= 15 is 0 Å². The summed E-state index contributed by atoms with van der Waals surface area (Å²) in [5, 5.41) is 10.1. The van der Waals surface area contributed by atoms with E-state index < -0.39 is 27.9 Å². The number of fused-ring (bicyclic) bond motifs is 9. The second kappa shape index (κ2) is 8.68. The molecule has 1 saturated heterocycles. The number of rotatable bonds is 1. The van der Waals surface area contributed by atoms with Crippen molar-refractivity contribution < 1.29 is 23.9 Å². The van der Waals surface area contributed by atoms with Crippen LogP contribution in [-0.2, 0) is 23.9 Å².